The van der Waals surface area contributed by atoms with Gasteiger partial charge in [0.1, 0.15) is 0 Å². The third kappa shape index (κ3) is 1.12. The van der Waals surface area contributed by atoms with Crippen molar-refractivity contribution >= 4 is 11.4 Å². The van der Waals surface area contributed by atoms with E-state index in [1.54, 1.807) is 0 Å². The highest BCUT2D eigenvalue weighted by Crippen LogP contribution is 2.42. The van der Waals surface area contributed by atoms with E-state index in [9.17, 15) is 0 Å². The fourth-order valence-electron chi connectivity index (χ4n) is 2.35. The fourth-order valence-corrected chi connectivity index (χ4v) is 2.35. The van der Waals surface area contributed by atoms with Crippen molar-refractivity contribution in [1.29, 1.82) is 0 Å². The molecule has 1 aromatic carbocycles. The molecule has 14 heavy (non-hydrogen) atoms. The van der Waals surface area contributed by atoms with Crippen LogP contribution in [0.25, 0.3) is 0 Å². The number of benzene rings is 1. The molecule has 0 unspecified atom stereocenters. The predicted octanol–water partition coefficient (Wildman–Crippen LogP) is 3.69. The SMILES string of the molecule is CC1=Nc2cc(C)cc(C)c2C1(C)C. The summed E-state index contributed by atoms with van der Waals surface area (Å²) in [6.45, 7) is 10.9. The van der Waals surface area contributed by atoms with Crippen LogP contribution in [0.5, 0.6) is 0 Å². The van der Waals surface area contributed by atoms with E-state index in [-0.39, 0.29) is 5.41 Å². The summed E-state index contributed by atoms with van der Waals surface area (Å²) in [6.07, 6.45) is 0. The summed E-state index contributed by atoms with van der Waals surface area (Å²) >= 11 is 0. The van der Waals surface area contributed by atoms with Crippen molar-refractivity contribution in [2.75, 3.05) is 0 Å². The van der Waals surface area contributed by atoms with Gasteiger partial charge in [0.2, 0.25) is 0 Å². The van der Waals surface area contributed by atoms with Crippen LogP contribution in [0.4, 0.5) is 5.69 Å². The summed E-state index contributed by atoms with van der Waals surface area (Å²) in [5.41, 5.74) is 6.58. The Morgan fingerprint density at radius 1 is 1.07 bits per heavy atom. The van der Waals surface area contributed by atoms with Gasteiger partial charge in [0.25, 0.3) is 0 Å². The molecule has 0 spiro atoms. The topological polar surface area (TPSA) is 12.4 Å². The first-order valence-corrected chi connectivity index (χ1v) is 5.10. The summed E-state index contributed by atoms with van der Waals surface area (Å²) in [5.74, 6) is 0. The van der Waals surface area contributed by atoms with Gasteiger partial charge in [0.05, 0.1) is 5.69 Å². The van der Waals surface area contributed by atoms with Crippen LogP contribution in [0.15, 0.2) is 17.1 Å². The second-order valence-corrected chi connectivity index (χ2v) is 4.80. The minimum absolute atomic E-state index is 0.118. The second-order valence-electron chi connectivity index (χ2n) is 4.80. The molecule has 0 atom stereocenters. The lowest BCUT2D eigenvalue weighted by molar-refractivity contribution is 0.727. The van der Waals surface area contributed by atoms with Crippen LogP contribution in [0.3, 0.4) is 0 Å². The first-order chi connectivity index (χ1) is 6.43. The summed E-state index contributed by atoms with van der Waals surface area (Å²) < 4.78 is 0. The molecule has 1 aliphatic rings. The number of nitrogens with zero attached hydrogens (tertiary/aromatic N) is 1. The van der Waals surface area contributed by atoms with Gasteiger partial charge in [-0.05, 0) is 43.5 Å². The molecule has 0 aromatic heterocycles. The van der Waals surface area contributed by atoms with Gasteiger partial charge >= 0.3 is 0 Å². The van der Waals surface area contributed by atoms with Crippen LogP contribution in [0.2, 0.25) is 0 Å². The number of aryl methyl sites for hydroxylation is 2. The lowest BCUT2D eigenvalue weighted by Gasteiger charge is -2.22. The van der Waals surface area contributed by atoms with Gasteiger partial charge in [-0.2, -0.15) is 0 Å². The standard InChI is InChI=1S/C13H17N/c1-8-6-9(2)12-11(7-8)14-10(3)13(12,4)5/h6-7H,1-5H3. The van der Waals surface area contributed by atoms with Gasteiger partial charge in [-0.3, -0.25) is 4.99 Å². The molecule has 0 radical (unpaired) electrons. The first-order valence-electron chi connectivity index (χ1n) is 5.10. The minimum Gasteiger partial charge on any atom is -0.257 e. The van der Waals surface area contributed by atoms with E-state index in [1.807, 2.05) is 0 Å². The number of hydrogen-bond donors (Lipinski definition) is 0. The molecule has 0 N–H and O–H groups in total. The number of hydrogen-bond acceptors (Lipinski definition) is 1. The van der Waals surface area contributed by atoms with Crippen molar-refractivity contribution in [1.82, 2.24) is 0 Å². The number of aliphatic imine (C=N–C) groups is 1. The van der Waals surface area contributed by atoms with Crippen molar-refractivity contribution in [2.45, 2.75) is 40.0 Å². The highest BCUT2D eigenvalue weighted by atomic mass is 14.8. The Bertz CT molecular complexity index is 425. The molecular weight excluding hydrogens is 170 g/mol. The zero-order valence-electron chi connectivity index (χ0n) is 9.60. The molecule has 0 amide bonds. The molecule has 1 heteroatoms. The van der Waals surface area contributed by atoms with Crippen molar-refractivity contribution < 1.29 is 0 Å². The molecule has 0 bridgehead atoms. The van der Waals surface area contributed by atoms with Gasteiger partial charge in [-0.1, -0.05) is 19.9 Å². The molecule has 0 aliphatic carbocycles. The Hall–Kier alpha value is -1.11. The quantitative estimate of drug-likeness (QED) is 0.587. The zero-order chi connectivity index (χ0) is 10.5. The van der Waals surface area contributed by atoms with Crippen LogP contribution < -0.4 is 0 Å². The summed E-state index contributed by atoms with van der Waals surface area (Å²) in [6, 6.07) is 4.43. The van der Waals surface area contributed by atoms with Crippen molar-refractivity contribution in [3.8, 4) is 0 Å². The molecule has 0 saturated heterocycles. The molecule has 0 saturated carbocycles. The maximum Gasteiger partial charge on any atom is 0.0675 e. The van der Waals surface area contributed by atoms with Gasteiger partial charge in [0.15, 0.2) is 0 Å². The predicted molar refractivity (Wildman–Crippen MR) is 61.7 cm³/mol. The van der Waals surface area contributed by atoms with E-state index in [0.29, 0.717) is 0 Å². The van der Waals surface area contributed by atoms with Gasteiger partial charge in [-0.25, -0.2) is 0 Å². The van der Waals surface area contributed by atoms with E-state index in [1.165, 1.54) is 28.1 Å². The average molecular weight is 187 g/mol. The normalized spacial score (nSPS) is 17.9. The van der Waals surface area contributed by atoms with Crippen molar-refractivity contribution in [3.05, 3.63) is 28.8 Å². The molecular formula is C13H17N. The average Bonchev–Trinajstić information content (AvgIpc) is 2.21. The molecule has 2 rings (SSSR count). The maximum absolute atomic E-state index is 4.64. The summed E-state index contributed by atoms with van der Waals surface area (Å²) in [5, 5.41) is 0. The Kier molecular flexibility index (Phi) is 1.82. The van der Waals surface area contributed by atoms with E-state index >= 15 is 0 Å². The lowest BCUT2D eigenvalue weighted by atomic mass is 9.79. The molecule has 74 valence electrons. The van der Waals surface area contributed by atoms with Crippen LogP contribution in [0.1, 0.15) is 37.5 Å². The fraction of sp³-hybridized carbons (Fsp3) is 0.462. The van der Waals surface area contributed by atoms with Crippen LogP contribution >= 0.6 is 0 Å². The monoisotopic (exact) mass is 187 g/mol. The molecule has 1 aliphatic heterocycles. The molecule has 0 fully saturated rings. The highest BCUT2D eigenvalue weighted by molar-refractivity contribution is 6.00. The maximum atomic E-state index is 4.64. The van der Waals surface area contributed by atoms with E-state index in [0.717, 1.165) is 0 Å². The number of fused-ring (bicyclic) bond motifs is 1. The summed E-state index contributed by atoms with van der Waals surface area (Å²) in [4.78, 5) is 4.64. The first kappa shape index (κ1) is 9.45. The van der Waals surface area contributed by atoms with Gasteiger partial charge in [-0.15, -0.1) is 0 Å². The summed E-state index contributed by atoms with van der Waals surface area (Å²) in [7, 11) is 0. The molecule has 1 heterocycles. The molecule has 1 nitrogen and oxygen atoms in total. The van der Waals surface area contributed by atoms with E-state index in [4.69, 9.17) is 0 Å². The Labute approximate surface area is 85.9 Å². The second kappa shape index (κ2) is 2.69. The number of rotatable bonds is 0. The van der Waals surface area contributed by atoms with Gasteiger partial charge < -0.3 is 0 Å². The largest absolute Gasteiger partial charge is 0.257 e. The van der Waals surface area contributed by atoms with Crippen molar-refractivity contribution in [2.24, 2.45) is 4.99 Å². The van der Waals surface area contributed by atoms with Crippen LogP contribution in [-0.2, 0) is 5.41 Å². The Morgan fingerprint density at radius 3 is 2.36 bits per heavy atom. The Balaban J connectivity index is 2.73. The van der Waals surface area contributed by atoms with Crippen molar-refractivity contribution in [3.63, 3.8) is 0 Å². The third-order valence-corrected chi connectivity index (χ3v) is 3.28. The lowest BCUT2D eigenvalue weighted by Crippen LogP contribution is -2.23. The molecule has 1 aromatic rings. The van der Waals surface area contributed by atoms with Gasteiger partial charge in [0, 0.05) is 11.1 Å². The third-order valence-electron chi connectivity index (χ3n) is 3.28. The highest BCUT2D eigenvalue weighted by Gasteiger charge is 2.33. The van der Waals surface area contributed by atoms with E-state index in [2.05, 4.69) is 51.7 Å². The minimum atomic E-state index is 0.118. The van der Waals surface area contributed by atoms with E-state index < -0.39 is 0 Å². The smallest absolute Gasteiger partial charge is 0.0675 e. The zero-order valence-corrected chi connectivity index (χ0v) is 9.60. The Morgan fingerprint density at radius 2 is 1.71 bits per heavy atom. The van der Waals surface area contributed by atoms with Crippen LogP contribution in [-0.4, -0.2) is 5.71 Å². The van der Waals surface area contributed by atoms with Crippen LogP contribution in [0, 0.1) is 13.8 Å².